The molecule has 0 aliphatic carbocycles. The minimum atomic E-state index is -0.658. The van der Waals surface area contributed by atoms with Crippen molar-refractivity contribution >= 4 is 23.2 Å². The van der Waals surface area contributed by atoms with Crippen molar-refractivity contribution in [2.45, 2.75) is 0 Å². The van der Waals surface area contributed by atoms with E-state index in [1.165, 1.54) is 11.1 Å². The Labute approximate surface area is 127 Å². The summed E-state index contributed by atoms with van der Waals surface area (Å²) in [7, 11) is 5.44. The second-order valence-electron chi connectivity index (χ2n) is 4.64. The molecule has 1 rings (SSSR count). The summed E-state index contributed by atoms with van der Waals surface area (Å²) < 4.78 is 5.13. The van der Waals surface area contributed by atoms with E-state index < -0.39 is 4.92 Å². The molecule has 8 nitrogen and oxygen atoms in total. The lowest BCUT2D eigenvalue weighted by atomic mass is 10.4. The van der Waals surface area contributed by atoms with E-state index in [2.05, 4.69) is 4.98 Å². The van der Waals surface area contributed by atoms with Gasteiger partial charge in [0.25, 0.3) is 11.8 Å². The Balaban J connectivity index is 2.63. The van der Waals surface area contributed by atoms with Gasteiger partial charge in [0.1, 0.15) is 0 Å². The maximum atomic E-state index is 11.8. The van der Waals surface area contributed by atoms with Gasteiger partial charge in [-0.1, -0.05) is 11.6 Å². The SMILES string of the molecule is CN(C)CCN(C)C(=O)COc1ncc(Cl)cc1[N+](=O)[O-]. The van der Waals surface area contributed by atoms with E-state index in [4.69, 9.17) is 16.3 Å². The topological polar surface area (TPSA) is 88.8 Å². The van der Waals surface area contributed by atoms with Crippen LogP contribution in [0.25, 0.3) is 0 Å². The van der Waals surface area contributed by atoms with Gasteiger partial charge in [0.15, 0.2) is 6.61 Å². The molecule has 1 aromatic rings. The number of rotatable bonds is 7. The zero-order valence-corrected chi connectivity index (χ0v) is 12.8. The molecule has 0 aliphatic heterocycles. The smallest absolute Gasteiger partial charge is 0.332 e. The van der Waals surface area contributed by atoms with Gasteiger partial charge in [0.2, 0.25) is 0 Å². The number of aromatic nitrogens is 1. The molecule has 0 atom stereocenters. The molecule has 1 aromatic heterocycles. The maximum absolute atomic E-state index is 11.8. The molecule has 21 heavy (non-hydrogen) atoms. The Morgan fingerprint density at radius 2 is 2.10 bits per heavy atom. The first kappa shape index (κ1) is 17.1. The summed E-state index contributed by atoms with van der Waals surface area (Å²) >= 11 is 5.64. The zero-order chi connectivity index (χ0) is 16.0. The number of carbonyl (C=O) groups excluding carboxylic acids is 1. The fraction of sp³-hybridized carbons (Fsp3) is 0.500. The van der Waals surface area contributed by atoms with Gasteiger partial charge in [-0.2, -0.15) is 0 Å². The monoisotopic (exact) mass is 316 g/mol. The van der Waals surface area contributed by atoms with Crippen LogP contribution < -0.4 is 4.74 Å². The summed E-state index contributed by atoms with van der Waals surface area (Å²) in [6.45, 7) is 0.923. The van der Waals surface area contributed by atoms with Crippen molar-refractivity contribution in [2.75, 3.05) is 40.8 Å². The standard InChI is InChI=1S/C12H17ClN4O4/c1-15(2)4-5-16(3)11(18)8-21-12-10(17(19)20)6-9(13)7-14-12/h6-7H,4-5,8H2,1-3H3. The predicted molar refractivity (Wildman–Crippen MR) is 77.6 cm³/mol. The van der Waals surface area contributed by atoms with Crippen molar-refractivity contribution in [3.63, 3.8) is 0 Å². The molecule has 0 fully saturated rings. The highest BCUT2D eigenvalue weighted by atomic mass is 35.5. The molecule has 0 N–H and O–H groups in total. The second-order valence-corrected chi connectivity index (χ2v) is 5.08. The summed E-state index contributed by atoms with van der Waals surface area (Å²) in [5, 5.41) is 11.0. The minimum absolute atomic E-state index is 0.128. The first-order valence-corrected chi connectivity index (χ1v) is 6.50. The van der Waals surface area contributed by atoms with Crippen LogP contribution in [0.4, 0.5) is 5.69 Å². The van der Waals surface area contributed by atoms with E-state index in [0.29, 0.717) is 13.1 Å². The largest absolute Gasteiger partial charge is 0.463 e. The average molecular weight is 317 g/mol. The minimum Gasteiger partial charge on any atom is -0.463 e. The third-order valence-electron chi connectivity index (χ3n) is 2.64. The normalized spacial score (nSPS) is 10.5. The summed E-state index contributed by atoms with van der Waals surface area (Å²) in [6, 6.07) is 1.13. The molecule has 9 heteroatoms. The number of hydrogen-bond donors (Lipinski definition) is 0. The Bertz CT molecular complexity index is 524. The number of likely N-dealkylation sites (N-methyl/N-ethyl adjacent to an activating group) is 2. The lowest BCUT2D eigenvalue weighted by molar-refractivity contribution is -0.386. The number of halogens is 1. The summed E-state index contributed by atoms with van der Waals surface area (Å²) in [5.74, 6) is -0.512. The number of hydrogen-bond acceptors (Lipinski definition) is 6. The van der Waals surface area contributed by atoms with Gasteiger partial charge < -0.3 is 14.5 Å². The van der Waals surface area contributed by atoms with E-state index >= 15 is 0 Å². The lowest BCUT2D eigenvalue weighted by Gasteiger charge is -2.19. The maximum Gasteiger partial charge on any atom is 0.332 e. The molecule has 0 unspecified atom stereocenters. The predicted octanol–water partition coefficient (Wildman–Crippen LogP) is 1.04. The van der Waals surface area contributed by atoms with Gasteiger partial charge in [0, 0.05) is 26.2 Å². The molecule has 0 spiro atoms. The Morgan fingerprint density at radius 3 is 2.67 bits per heavy atom. The summed E-state index contributed by atoms with van der Waals surface area (Å²) in [5.41, 5.74) is -0.369. The molecule has 116 valence electrons. The van der Waals surface area contributed by atoms with E-state index in [0.717, 1.165) is 6.07 Å². The van der Waals surface area contributed by atoms with E-state index in [1.807, 2.05) is 19.0 Å². The van der Waals surface area contributed by atoms with Gasteiger partial charge in [-0.3, -0.25) is 14.9 Å². The van der Waals surface area contributed by atoms with Crippen molar-refractivity contribution < 1.29 is 14.5 Å². The molecule has 0 radical (unpaired) electrons. The molecule has 0 saturated carbocycles. The van der Waals surface area contributed by atoms with Crippen molar-refractivity contribution in [2.24, 2.45) is 0 Å². The van der Waals surface area contributed by atoms with Crippen LogP contribution in [0.15, 0.2) is 12.3 Å². The van der Waals surface area contributed by atoms with Crippen molar-refractivity contribution in [1.82, 2.24) is 14.8 Å². The van der Waals surface area contributed by atoms with E-state index in [1.54, 1.807) is 7.05 Å². The van der Waals surface area contributed by atoms with Crippen molar-refractivity contribution in [3.05, 3.63) is 27.4 Å². The first-order chi connectivity index (χ1) is 9.81. The van der Waals surface area contributed by atoms with Crippen LogP contribution in [-0.4, -0.2) is 66.5 Å². The highest BCUT2D eigenvalue weighted by Crippen LogP contribution is 2.26. The molecular weight excluding hydrogens is 300 g/mol. The van der Waals surface area contributed by atoms with Gasteiger partial charge in [-0.15, -0.1) is 0 Å². The Morgan fingerprint density at radius 1 is 1.43 bits per heavy atom. The summed E-state index contributed by atoms with van der Waals surface area (Å²) in [6.07, 6.45) is 1.23. The quantitative estimate of drug-likeness (QED) is 0.551. The van der Waals surface area contributed by atoms with Gasteiger partial charge in [-0.05, 0) is 14.1 Å². The van der Waals surface area contributed by atoms with Crippen molar-refractivity contribution in [1.29, 1.82) is 0 Å². The number of carbonyl (C=O) groups is 1. The fourth-order valence-electron chi connectivity index (χ4n) is 1.37. The third-order valence-corrected chi connectivity index (χ3v) is 2.84. The number of nitro groups is 1. The first-order valence-electron chi connectivity index (χ1n) is 6.12. The van der Waals surface area contributed by atoms with Crippen LogP contribution in [0, 0.1) is 10.1 Å². The molecule has 0 aliphatic rings. The van der Waals surface area contributed by atoms with Gasteiger partial charge in [-0.25, -0.2) is 4.98 Å². The number of amides is 1. The van der Waals surface area contributed by atoms with Crippen LogP contribution in [0.2, 0.25) is 5.02 Å². The molecule has 1 amide bonds. The van der Waals surface area contributed by atoms with Crippen LogP contribution in [0.1, 0.15) is 0 Å². The highest BCUT2D eigenvalue weighted by Gasteiger charge is 2.19. The van der Waals surface area contributed by atoms with E-state index in [-0.39, 0.29) is 29.1 Å². The lowest BCUT2D eigenvalue weighted by Crippen LogP contribution is -2.36. The fourth-order valence-corrected chi connectivity index (χ4v) is 1.53. The van der Waals surface area contributed by atoms with Gasteiger partial charge in [0.05, 0.1) is 16.1 Å². The molecule has 0 bridgehead atoms. The molecule has 1 heterocycles. The zero-order valence-electron chi connectivity index (χ0n) is 12.1. The van der Waals surface area contributed by atoms with Crippen LogP contribution >= 0.6 is 11.6 Å². The van der Waals surface area contributed by atoms with E-state index in [9.17, 15) is 14.9 Å². The number of pyridine rings is 1. The van der Waals surface area contributed by atoms with Crippen LogP contribution in [0.5, 0.6) is 5.88 Å². The summed E-state index contributed by atoms with van der Waals surface area (Å²) in [4.78, 5) is 29.2. The highest BCUT2D eigenvalue weighted by molar-refractivity contribution is 6.30. The molecular formula is C12H17ClN4O4. The third kappa shape index (κ3) is 5.52. The Hall–Kier alpha value is -1.93. The van der Waals surface area contributed by atoms with Crippen LogP contribution in [-0.2, 0) is 4.79 Å². The molecule has 0 saturated heterocycles. The second kappa shape index (κ2) is 7.75. The average Bonchev–Trinajstić information content (AvgIpc) is 2.42. The molecule has 0 aromatic carbocycles. The van der Waals surface area contributed by atoms with Crippen molar-refractivity contribution in [3.8, 4) is 5.88 Å². The van der Waals surface area contributed by atoms with Crippen LogP contribution in [0.3, 0.4) is 0 Å². The van der Waals surface area contributed by atoms with Gasteiger partial charge >= 0.3 is 5.69 Å². The number of ether oxygens (including phenoxy) is 1. The Kier molecular flexibility index (Phi) is 6.32. The number of nitrogens with zero attached hydrogens (tertiary/aromatic N) is 4.